The fraction of sp³-hybridized carbons (Fsp3) is 0.700. The number of nitrogens with one attached hydrogen (secondary N) is 2. The summed E-state index contributed by atoms with van der Waals surface area (Å²) in [4.78, 5) is 15.7. The van der Waals surface area contributed by atoms with Gasteiger partial charge in [-0.25, -0.2) is 4.98 Å². The Bertz CT molecular complexity index is 398. The molecule has 1 aromatic heterocycles. The van der Waals surface area contributed by atoms with E-state index in [1.54, 1.807) is 14.0 Å². The van der Waals surface area contributed by atoms with E-state index in [-0.39, 0.29) is 11.7 Å². The molecule has 1 atom stereocenters. The molecule has 94 valence electrons. The van der Waals surface area contributed by atoms with Crippen LogP contribution in [0.1, 0.15) is 22.9 Å². The molecule has 2 N–H and O–H groups in total. The Morgan fingerprint density at radius 1 is 1.71 bits per heavy atom. The van der Waals surface area contributed by atoms with Gasteiger partial charge in [-0.05, 0) is 6.92 Å². The molecule has 1 aliphatic rings. The van der Waals surface area contributed by atoms with E-state index in [4.69, 9.17) is 9.47 Å². The maximum atomic E-state index is 11.7. The van der Waals surface area contributed by atoms with E-state index in [2.05, 4.69) is 20.5 Å². The zero-order valence-electron chi connectivity index (χ0n) is 9.95. The van der Waals surface area contributed by atoms with Gasteiger partial charge in [-0.15, -0.1) is 5.10 Å². The molecule has 2 rings (SSSR count). The fourth-order valence-electron chi connectivity index (χ4n) is 1.73. The van der Waals surface area contributed by atoms with Crippen LogP contribution in [-0.4, -0.2) is 53.6 Å². The minimum absolute atomic E-state index is 0.146. The number of carbonyl (C=O) groups excluding carboxylic acids is 1. The first kappa shape index (κ1) is 12.0. The minimum atomic E-state index is -0.416. The van der Waals surface area contributed by atoms with Gasteiger partial charge in [0, 0.05) is 26.7 Å². The lowest BCUT2D eigenvalue weighted by molar-refractivity contribution is -0.0149. The molecule has 0 aromatic carbocycles. The first-order valence-electron chi connectivity index (χ1n) is 5.45. The zero-order valence-corrected chi connectivity index (χ0v) is 9.95. The van der Waals surface area contributed by atoms with Crippen LogP contribution < -0.4 is 5.32 Å². The molecule has 1 aliphatic heterocycles. The van der Waals surface area contributed by atoms with Gasteiger partial charge in [0.2, 0.25) is 5.82 Å². The Balaban J connectivity index is 1.91. The second-order valence-corrected chi connectivity index (χ2v) is 4.12. The maximum absolute atomic E-state index is 11.7. The van der Waals surface area contributed by atoms with Crippen molar-refractivity contribution in [3.8, 4) is 0 Å². The van der Waals surface area contributed by atoms with Gasteiger partial charge in [0.05, 0.1) is 6.61 Å². The van der Waals surface area contributed by atoms with Crippen LogP contribution in [0.5, 0.6) is 0 Å². The average Bonchev–Trinajstić information content (AvgIpc) is 2.95. The number of methoxy groups -OCH3 is 1. The summed E-state index contributed by atoms with van der Waals surface area (Å²) >= 11 is 0. The van der Waals surface area contributed by atoms with Gasteiger partial charge < -0.3 is 14.8 Å². The quantitative estimate of drug-likeness (QED) is 0.750. The number of nitrogens with zero attached hydrogens (tertiary/aromatic N) is 2. The van der Waals surface area contributed by atoms with Crippen LogP contribution in [0.3, 0.4) is 0 Å². The van der Waals surface area contributed by atoms with Gasteiger partial charge in [0.1, 0.15) is 11.4 Å². The Morgan fingerprint density at radius 3 is 3.06 bits per heavy atom. The molecule has 0 bridgehead atoms. The highest BCUT2D eigenvalue weighted by atomic mass is 16.5. The second kappa shape index (κ2) is 4.80. The number of aromatic amines is 1. The molecule has 0 radical (unpaired) electrons. The first-order valence-corrected chi connectivity index (χ1v) is 5.45. The Kier molecular flexibility index (Phi) is 3.39. The predicted octanol–water partition coefficient (Wildman–Crippen LogP) is -0.352. The summed E-state index contributed by atoms with van der Waals surface area (Å²) in [5, 5.41) is 9.17. The van der Waals surface area contributed by atoms with Crippen molar-refractivity contribution in [1.29, 1.82) is 0 Å². The highest BCUT2D eigenvalue weighted by Gasteiger charge is 2.35. The molecular weight excluding hydrogens is 224 g/mol. The molecule has 1 amide bonds. The van der Waals surface area contributed by atoms with E-state index in [1.807, 2.05) is 0 Å². The predicted molar refractivity (Wildman–Crippen MR) is 58.6 cm³/mol. The van der Waals surface area contributed by atoms with E-state index in [0.29, 0.717) is 25.6 Å². The highest BCUT2D eigenvalue weighted by Crippen LogP contribution is 2.21. The van der Waals surface area contributed by atoms with E-state index in [1.165, 1.54) is 0 Å². The van der Waals surface area contributed by atoms with Crippen LogP contribution in [-0.2, 0) is 9.47 Å². The van der Waals surface area contributed by atoms with Gasteiger partial charge in [-0.2, -0.15) is 0 Å². The molecule has 7 nitrogen and oxygen atoms in total. The van der Waals surface area contributed by atoms with Crippen LogP contribution in [0.25, 0.3) is 0 Å². The molecule has 1 fully saturated rings. The van der Waals surface area contributed by atoms with Crippen molar-refractivity contribution >= 4 is 5.91 Å². The fourth-order valence-corrected chi connectivity index (χ4v) is 1.73. The third kappa shape index (κ3) is 2.62. The van der Waals surface area contributed by atoms with Gasteiger partial charge in [0.15, 0.2) is 0 Å². The lowest BCUT2D eigenvalue weighted by Gasteiger charge is -2.25. The van der Waals surface area contributed by atoms with Crippen molar-refractivity contribution in [2.24, 2.45) is 0 Å². The number of hydrogen-bond acceptors (Lipinski definition) is 5. The number of rotatable bonds is 4. The van der Waals surface area contributed by atoms with Crippen LogP contribution in [0.2, 0.25) is 0 Å². The summed E-state index contributed by atoms with van der Waals surface area (Å²) in [6.45, 7) is 3.29. The molecule has 0 spiro atoms. The number of hydrogen-bond donors (Lipinski definition) is 2. The Hall–Kier alpha value is -1.47. The van der Waals surface area contributed by atoms with Gasteiger partial charge in [0.25, 0.3) is 5.91 Å². The lowest BCUT2D eigenvalue weighted by Crippen LogP contribution is -2.45. The van der Waals surface area contributed by atoms with Gasteiger partial charge >= 0.3 is 0 Å². The van der Waals surface area contributed by atoms with Crippen molar-refractivity contribution in [2.45, 2.75) is 18.9 Å². The van der Waals surface area contributed by atoms with E-state index in [9.17, 15) is 4.79 Å². The summed E-state index contributed by atoms with van der Waals surface area (Å²) in [5.41, 5.74) is -0.416. The summed E-state index contributed by atoms with van der Waals surface area (Å²) in [5.74, 6) is 0.450. The number of amides is 1. The standard InChI is InChI=1S/C10H16N4O3/c1-7-12-8(14-13-7)9(15)11-5-10(16-2)3-4-17-6-10/h3-6H2,1-2H3,(H,11,15)(H,12,13,14). The van der Waals surface area contributed by atoms with E-state index in [0.717, 1.165) is 6.42 Å². The van der Waals surface area contributed by atoms with Crippen LogP contribution in [0, 0.1) is 6.92 Å². The largest absolute Gasteiger partial charge is 0.378 e. The van der Waals surface area contributed by atoms with Crippen molar-refractivity contribution in [3.63, 3.8) is 0 Å². The number of aryl methyl sites for hydroxylation is 1. The van der Waals surface area contributed by atoms with Crippen LogP contribution in [0.4, 0.5) is 0 Å². The minimum Gasteiger partial charge on any atom is -0.378 e. The SMILES string of the molecule is COC1(CNC(=O)c2n[nH]c(C)n2)CCOC1. The summed E-state index contributed by atoms with van der Waals surface area (Å²) in [7, 11) is 1.62. The van der Waals surface area contributed by atoms with Crippen LogP contribution >= 0.6 is 0 Å². The maximum Gasteiger partial charge on any atom is 0.291 e. The molecule has 17 heavy (non-hydrogen) atoms. The smallest absolute Gasteiger partial charge is 0.291 e. The molecule has 0 aliphatic carbocycles. The highest BCUT2D eigenvalue weighted by molar-refractivity contribution is 5.90. The van der Waals surface area contributed by atoms with Crippen molar-refractivity contribution in [3.05, 3.63) is 11.6 Å². The topological polar surface area (TPSA) is 89.1 Å². The normalized spacial score (nSPS) is 23.9. The average molecular weight is 240 g/mol. The van der Waals surface area contributed by atoms with Crippen molar-refractivity contribution in [1.82, 2.24) is 20.5 Å². The molecule has 2 heterocycles. The van der Waals surface area contributed by atoms with Gasteiger partial charge in [-0.3, -0.25) is 9.89 Å². The van der Waals surface area contributed by atoms with Crippen LogP contribution in [0.15, 0.2) is 0 Å². The lowest BCUT2D eigenvalue weighted by atomic mass is 10.0. The molecule has 0 saturated carbocycles. The molecule has 7 heteroatoms. The third-order valence-electron chi connectivity index (χ3n) is 2.87. The molecule has 1 aromatic rings. The summed E-state index contributed by atoms with van der Waals surface area (Å²) in [6, 6.07) is 0. The van der Waals surface area contributed by atoms with E-state index >= 15 is 0 Å². The number of carbonyl (C=O) groups is 1. The van der Waals surface area contributed by atoms with Crippen molar-refractivity contribution < 1.29 is 14.3 Å². The number of ether oxygens (including phenoxy) is 2. The molecule has 1 saturated heterocycles. The summed E-state index contributed by atoms with van der Waals surface area (Å²) in [6.07, 6.45) is 0.775. The monoisotopic (exact) mass is 240 g/mol. The number of H-pyrrole nitrogens is 1. The van der Waals surface area contributed by atoms with Gasteiger partial charge in [-0.1, -0.05) is 0 Å². The second-order valence-electron chi connectivity index (χ2n) is 4.12. The number of aromatic nitrogens is 3. The van der Waals surface area contributed by atoms with Crippen molar-refractivity contribution in [2.75, 3.05) is 26.9 Å². The molecular formula is C10H16N4O3. The third-order valence-corrected chi connectivity index (χ3v) is 2.87. The summed E-state index contributed by atoms with van der Waals surface area (Å²) < 4.78 is 10.7. The zero-order chi connectivity index (χ0) is 12.3. The first-order chi connectivity index (χ1) is 8.15. The van der Waals surface area contributed by atoms with E-state index < -0.39 is 5.60 Å². The molecule has 1 unspecified atom stereocenters. The Morgan fingerprint density at radius 2 is 2.53 bits per heavy atom. The Labute approximate surface area is 98.9 Å².